The number of alkyl halides is 3. The largest absolute Gasteiger partial charge is 0.433 e. The molecule has 0 aliphatic rings. The van der Waals surface area contributed by atoms with Gasteiger partial charge in [-0.15, -0.1) is 0 Å². The number of halogens is 5. The Morgan fingerprint density at radius 2 is 1.74 bits per heavy atom. The van der Waals surface area contributed by atoms with Crippen LogP contribution in [0.3, 0.4) is 0 Å². The van der Waals surface area contributed by atoms with Crippen molar-refractivity contribution in [1.29, 1.82) is 0 Å². The summed E-state index contributed by atoms with van der Waals surface area (Å²) in [6.45, 7) is 0. The average molecular weight is 325 g/mol. The van der Waals surface area contributed by atoms with Crippen LogP contribution in [0.4, 0.5) is 13.2 Å². The molecule has 2 nitrogen and oxygen atoms in total. The van der Waals surface area contributed by atoms with Crippen LogP contribution in [0.1, 0.15) is 5.69 Å². The molecule has 19 heavy (non-hydrogen) atoms. The molecule has 0 spiro atoms. The molecule has 8 heteroatoms. The standard InChI is InChI=1S/C11H5Cl2F3N2S/c12-6-3-1-2-4-7(6)19-9-5-8(11(14,15)16)17-10(13)18-9/h1-5H. The molecule has 100 valence electrons. The van der Waals surface area contributed by atoms with Crippen LogP contribution in [0.15, 0.2) is 40.3 Å². The summed E-state index contributed by atoms with van der Waals surface area (Å²) in [6, 6.07) is 7.59. The van der Waals surface area contributed by atoms with Gasteiger partial charge >= 0.3 is 6.18 Å². The van der Waals surface area contributed by atoms with Gasteiger partial charge in [-0.25, -0.2) is 9.97 Å². The highest BCUT2D eigenvalue weighted by Crippen LogP contribution is 2.35. The van der Waals surface area contributed by atoms with E-state index in [1.165, 1.54) is 0 Å². The predicted molar refractivity (Wildman–Crippen MR) is 67.6 cm³/mol. The molecular formula is C11H5Cl2F3N2S. The molecule has 0 saturated heterocycles. The summed E-state index contributed by atoms with van der Waals surface area (Å²) >= 11 is 12.4. The van der Waals surface area contributed by atoms with Gasteiger partial charge in [0.05, 0.1) is 5.02 Å². The van der Waals surface area contributed by atoms with Crippen LogP contribution in [0.2, 0.25) is 10.3 Å². The molecule has 0 bridgehead atoms. The van der Waals surface area contributed by atoms with Crippen LogP contribution in [0.25, 0.3) is 0 Å². The third kappa shape index (κ3) is 3.75. The van der Waals surface area contributed by atoms with Gasteiger partial charge in [-0.05, 0) is 23.7 Å². The van der Waals surface area contributed by atoms with Gasteiger partial charge in [0.15, 0.2) is 5.69 Å². The first-order valence-corrected chi connectivity index (χ1v) is 6.47. The van der Waals surface area contributed by atoms with Crippen molar-refractivity contribution in [3.05, 3.63) is 46.3 Å². The molecule has 0 aliphatic carbocycles. The highest BCUT2D eigenvalue weighted by molar-refractivity contribution is 7.99. The quantitative estimate of drug-likeness (QED) is 0.577. The lowest BCUT2D eigenvalue weighted by Gasteiger charge is -2.08. The Hall–Kier alpha value is -0.980. The Morgan fingerprint density at radius 3 is 2.37 bits per heavy atom. The van der Waals surface area contributed by atoms with Gasteiger partial charge in [0.25, 0.3) is 0 Å². The summed E-state index contributed by atoms with van der Waals surface area (Å²) in [5, 5.41) is 0.0561. The molecule has 2 aromatic rings. The summed E-state index contributed by atoms with van der Waals surface area (Å²) in [5.41, 5.74) is -1.08. The van der Waals surface area contributed by atoms with Gasteiger partial charge in [-0.1, -0.05) is 35.5 Å². The Labute approximate surface area is 121 Å². The second-order valence-corrected chi connectivity index (χ2v) is 5.20. The van der Waals surface area contributed by atoms with Crippen molar-refractivity contribution in [3.8, 4) is 0 Å². The first-order chi connectivity index (χ1) is 8.86. The highest BCUT2D eigenvalue weighted by atomic mass is 35.5. The molecule has 0 amide bonds. The fourth-order valence-corrected chi connectivity index (χ4v) is 2.56. The summed E-state index contributed by atoms with van der Waals surface area (Å²) in [5.74, 6) is 0. The minimum absolute atomic E-state index is 0.0837. The predicted octanol–water partition coefficient (Wildman–Crippen LogP) is 4.95. The topological polar surface area (TPSA) is 25.8 Å². The van der Waals surface area contributed by atoms with Crippen molar-refractivity contribution in [3.63, 3.8) is 0 Å². The van der Waals surface area contributed by atoms with E-state index in [0.717, 1.165) is 17.8 Å². The van der Waals surface area contributed by atoms with E-state index in [-0.39, 0.29) is 5.03 Å². The lowest BCUT2D eigenvalue weighted by molar-refractivity contribution is -0.141. The highest BCUT2D eigenvalue weighted by Gasteiger charge is 2.33. The number of rotatable bonds is 2. The van der Waals surface area contributed by atoms with E-state index in [0.29, 0.717) is 9.92 Å². The average Bonchev–Trinajstić information content (AvgIpc) is 2.30. The van der Waals surface area contributed by atoms with Gasteiger partial charge in [0.1, 0.15) is 5.03 Å². The second-order valence-electron chi connectivity index (χ2n) is 3.39. The first-order valence-electron chi connectivity index (χ1n) is 4.90. The monoisotopic (exact) mass is 324 g/mol. The van der Waals surface area contributed by atoms with Gasteiger partial charge in [-0.2, -0.15) is 13.2 Å². The lowest BCUT2D eigenvalue weighted by atomic mass is 10.4. The third-order valence-corrected chi connectivity index (χ3v) is 3.62. The fraction of sp³-hybridized carbons (Fsp3) is 0.0909. The van der Waals surface area contributed by atoms with E-state index >= 15 is 0 Å². The maximum absolute atomic E-state index is 12.6. The minimum Gasteiger partial charge on any atom is -0.213 e. The van der Waals surface area contributed by atoms with Crippen molar-refractivity contribution >= 4 is 35.0 Å². The number of nitrogens with zero attached hydrogens (tertiary/aromatic N) is 2. The summed E-state index contributed by atoms with van der Waals surface area (Å²) in [4.78, 5) is 7.48. The molecule has 1 heterocycles. The summed E-state index contributed by atoms with van der Waals surface area (Å²) in [7, 11) is 0. The van der Waals surface area contributed by atoms with Gasteiger partial charge in [0.2, 0.25) is 5.28 Å². The molecule has 0 radical (unpaired) electrons. The molecule has 0 saturated carbocycles. The zero-order valence-corrected chi connectivity index (χ0v) is 11.4. The number of hydrogen-bond acceptors (Lipinski definition) is 3. The van der Waals surface area contributed by atoms with E-state index in [1.54, 1.807) is 24.3 Å². The van der Waals surface area contributed by atoms with Crippen LogP contribution in [0, 0.1) is 0 Å². The Bertz CT molecular complexity index is 605. The minimum atomic E-state index is -4.57. The van der Waals surface area contributed by atoms with Gasteiger partial charge in [-0.3, -0.25) is 0 Å². The normalized spacial score (nSPS) is 11.6. The first kappa shape index (κ1) is 14.4. The maximum Gasteiger partial charge on any atom is 0.433 e. The fourth-order valence-electron chi connectivity index (χ4n) is 1.23. The number of benzene rings is 1. The molecule has 1 aromatic heterocycles. The summed E-state index contributed by atoms with van der Waals surface area (Å²) in [6.07, 6.45) is -4.57. The molecule has 1 aromatic carbocycles. The van der Waals surface area contributed by atoms with E-state index in [9.17, 15) is 13.2 Å². The Morgan fingerprint density at radius 1 is 1.05 bits per heavy atom. The zero-order chi connectivity index (χ0) is 14.0. The molecule has 0 N–H and O–H groups in total. The molecule has 0 atom stereocenters. The number of hydrogen-bond donors (Lipinski definition) is 0. The SMILES string of the molecule is FC(F)(F)c1cc(Sc2ccccc2Cl)nc(Cl)n1. The van der Waals surface area contributed by atoms with E-state index in [2.05, 4.69) is 9.97 Å². The van der Waals surface area contributed by atoms with Crippen LogP contribution in [0.5, 0.6) is 0 Å². The molecule has 0 aliphatic heterocycles. The molecule has 0 fully saturated rings. The maximum atomic E-state index is 12.6. The van der Waals surface area contributed by atoms with Crippen LogP contribution in [-0.4, -0.2) is 9.97 Å². The lowest BCUT2D eigenvalue weighted by Crippen LogP contribution is -2.09. The van der Waals surface area contributed by atoms with Gasteiger partial charge in [0, 0.05) is 11.0 Å². The third-order valence-electron chi connectivity index (χ3n) is 2.02. The van der Waals surface area contributed by atoms with E-state index < -0.39 is 17.2 Å². The smallest absolute Gasteiger partial charge is 0.213 e. The molecule has 0 unspecified atom stereocenters. The second kappa shape index (κ2) is 5.56. The van der Waals surface area contributed by atoms with Crippen LogP contribution >= 0.6 is 35.0 Å². The summed E-state index contributed by atoms with van der Waals surface area (Å²) < 4.78 is 37.7. The van der Waals surface area contributed by atoms with E-state index in [1.807, 2.05) is 0 Å². The molecular weight excluding hydrogens is 320 g/mol. The van der Waals surface area contributed by atoms with Crippen molar-refractivity contribution in [1.82, 2.24) is 9.97 Å². The van der Waals surface area contributed by atoms with Crippen LogP contribution in [-0.2, 0) is 6.18 Å². The van der Waals surface area contributed by atoms with Crippen molar-refractivity contribution in [2.24, 2.45) is 0 Å². The van der Waals surface area contributed by atoms with Crippen LogP contribution < -0.4 is 0 Å². The van der Waals surface area contributed by atoms with Gasteiger partial charge < -0.3 is 0 Å². The Kier molecular flexibility index (Phi) is 4.23. The van der Waals surface area contributed by atoms with Crippen molar-refractivity contribution in [2.45, 2.75) is 16.1 Å². The number of aromatic nitrogens is 2. The Balaban J connectivity index is 2.36. The van der Waals surface area contributed by atoms with Crippen molar-refractivity contribution in [2.75, 3.05) is 0 Å². The zero-order valence-electron chi connectivity index (χ0n) is 9.08. The van der Waals surface area contributed by atoms with E-state index in [4.69, 9.17) is 23.2 Å². The van der Waals surface area contributed by atoms with Crippen molar-refractivity contribution < 1.29 is 13.2 Å². The molecule has 2 rings (SSSR count).